The van der Waals surface area contributed by atoms with Crippen LogP contribution in [0.3, 0.4) is 0 Å². The van der Waals surface area contributed by atoms with Crippen molar-refractivity contribution in [3.8, 4) is 0 Å². The van der Waals surface area contributed by atoms with E-state index in [4.69, 9.17) is 5.11 Å². The largest absolute Gasteiger partial charge is 0.481 e. The van der Waals surface area contributed by atoms with E-state index in [0.717, 1.165) is 29.7 Å². The van der Waals surface area contributed by atoms with Crippen molar-refractivity contribution in [1.82, 2.24) is 4.90 Å². The number of hydrogen-bond donors (Lipinski definition) is 2. The van der Waals surface area contributed by atoms with Crippen LogP contribution in [0.2, 0.25) is 0 Å². The molecule has 1 aromatic carbocycles. The van der Waals surface area contributed by atoms with Crippen molar-refractivity contribution in [3.05, 3.63) is 29.3 Å². The molecule has 0 bridgehead atoms. The van der Waals surface area contributed by atoms with Crippen LogP contribution in [0.1, 0.15) is 44.7 Å². The Morgan fingerprint density at radius 3 is 2.21 bits per heavy atom. The molecule has 2 rings (SSSR count). The highest BCUT2D eigenvalue weighted by molar-refractivity contribution is 5.96. The summed E-state index contributed by atoms with van der Waals surface area (Å²) in [6.45, 7) is 7.38. The van der Waals surface area contributed by atoms with E-state index in [0.29, 0.717) is 25.9 Å². The number of amides is 1. The van der Waals surface area contributed by atoms with Crippen molar-refractivity contribution in [2.24, 2.45) is 5.92 Å². The summed E-state index contributed by atoms with van der Waals surface area (Å²) in [5, 5.41) is 12.2. The van der Waals surface area contributed by atoms with Gasteiger partial charge in [0.1, 0.15) is 0 Å². The van der Waals surface area contributed by atoms with Gasteiger partial charge in [-0.3, -0.25) is 14.5 Å². The van der Waals surface area contributed by atoms with Crippen LogP contribution >= 0.6 is 0 Å². The predicted molar refractivity (Wildman–Crippen MR) is 95.2 cm³/mol. The lowest BCUT2D eigenvalue weighted by Gasteiger charge is -2.34. The second kappa shape index (κ2) is 8.29. The second-order valence-electron chi connectivity index (χ2n) is 6.47. The minimum atomic E-state index is -0.726. The van der Waals surface area contributed by atoms with Crippen LogP contribution in [0.15, 0.2) is 18.2 Å². The van der Waals surface area contributed by atoms with Gasteiger partial charge < -0.3 is 10.4 Å². The molecule has 0 aromatic heterocycles. The number of carboxylic acids is 1. The van der Waals surface area contributed by atoms with Crippen molar-refractivity contribution in [1.29, 1.82) is 0 Å². The number of likely N-dealkylation sites (tertiary alicyclic amines) is 1. The number of anilines is 1. The maximum absolute atomic E-state index is 12.7. The first-order chi connectivity index (χ1) is 11.5. The minimum Gasteiger partial charge on any atom is -0.481 e. The van der Waals surface area contributed by atoms with E-state index in [2.05, 4.69) is 36.2 Å². The van der Waals surface area contributed by atoms with Gasteiger partial charge in [-0.2, -0.15) is 0 Å². The predicted octanol–water partition coefficient (Wildman–Crippen LogP) is 2.94. The molecule has 1 saturated heterocycles. The van der Waals surface area contributed by atoms with Gasteiger partial charge in [0, 0.05) is 5.69 Å². The molecule has 0 saturated carbocycles. The lowest BCUT2D eigenvalue weighted by Crippen LogP contribution is -2.47. The Morgan fingerprint density at radius 1 is 1.21 bits per heavy atom. The summed E-state index contributed by atoms with van der Waals surface area (Å²) in [4.78, 5) is 25.8. The van der Waals surface area contributed by atoms with Gasteiger partial charge in [0.25, 0.3) is 0 Å². The van der Waals surface area contributed by atoms with E-state index in [1.807, 2.05) is 13.0 Å². The summed E-state index contributed by atoms with van der Waals surface area (Å²) in [6, 6.07) is 5.89. The number of carbonyl (C=O) groups is 2. The van der Waals surface area contributed by atoms with E-state index in [-0.39, 0.29) is 17.9 Å². The van der Waals surface area contributed by atoms with Crippen molar-refractivity contribution in [3.63, 3.8) is 0 Å². The molecule has 24 heavy (non-hydrogen) atoms. The van der Waals surface area contributed by atoms with E-state index in [9.17, 15) is 9.59 Å². The Kier molecular flexibility index (Phi) is 6.37. The molecule has 0 aliphatic carbocycles. The highest BCUT2D eigenvalue weighted by Gasteiger charge is 2.29. The molecule has 1 unspecified atom stereocenters. The molecule has 5 nitrogen and oxygen atoms in total. The van der Waals surface area contributed by atoms with Crippen LogP contribution in [0.4, 0.5) is 5.69 Å². The maximum atomic E-state index is 12.7. The lowest BCUT2D eigenvalue weighted by molar-refractivity contribution is -0.143. The molecule has 1 fully saturated rings. The number of carbonyl (C=O) groups excluding carboxylic acids is 1. The van der Waals surface area contributed by atoms with Crippen molar-refractivity contribution in [2.75, 3.05) is 18.4 Å². The summed E-state index contributed by atoms with van der Waals surface area (Å²) in [5.41, 5.74) is 3.25. The SMILES string of the molecule is CCc1cccc(CC)c1NC(=O)C(C)N1CCC(C(=O)O)CC1. The molecule has 1 aromatic rings. The molecule has 1 aliphatic heterocycles. The molecule has 2 N–H and O–H groups in total. The molecule has 1 atom stereocenters. The Morgan fingerprint density at radius 2 is 1.75 bits per heavy atom. The summed E-state index contributed by atoms with van der Waals surface area (Å²) in [6.07, 6.45) is 2.97. The Balaban J connectivity index is 2.04. The van der Waals surface area contributed by atoms with Crippen LogP contribution in [0, 0.1) is 5.92 Å². The van der Waals surface area contributed by atoms with Gasteiger partial charge in [-0.1, -0.05) is 32.0 Å². The molecule has 1 amide bonds. The number of piperidine rings is 1. The fraction of sp³-hybridized carbons (Fsp3) is 0.579. The average Bonchev–Trinajstić information content (AvgIpc) is 2.61. The fourth-order valence-electron chi connectivity index (χ4n) is 3.33. The normalized spacial score (nSPS) is 17.5. The molecular formula is C19H28N2O3. The second-order valence-corrected chi connectivity index (χ2v) is 6.47. The fourth-order valence-corrected chi connectivity index (χ4v) is 3.33. The number of nitrogens with one attached hydrogen (secondary N) is 1. The van der Waals surface area contributed by atoms with Crippen molar-refractivity contribution < 1.29 is 14.7 Å². The van der Waals surface area contributed by atoms with Crippen LogP contribution in [-0.4, -0.2) is 41.0 Å². The first kappa shape index (κ1) is 18.5. The number of aliphatic carboxylic acids is 1. The molecule has 5 heteroatoms. The monoisotopic (exact) mass is 332 g/mol. The lowest BCUT2D eigenvalue weighted by atomic mass is 9.96. The molecular weight excluding hydrogens is 304 g/mol. The third-order valence-electron chi connectivity index (χ3n) is 5.05. The molecule has 0 spiro atoms. The quantitative estimate of drug-likeness (QED) is 0.840. The number of rotatable bonds is 6. The number of nitrogens with zero attached hydrogens (tertiary/aromatic N) is 1. The highest BCUT2D eigenvalue weighted by Crippen LogP contribution is 2.24. The van der Waals surface area contributed by atoms with Crippen molar-refractivity contribution in [2.45, 2.75) is 52.5 Å². The van der Waals surface area contributed by atoms with Crippen LogP contribution in [0.25, 0.3) is 0 Å². The highest BCUT2D eigenvalue weighted by atomic mass is 16.4. The number of aryl methyl sites for hydroxylation is 2. The Bertz CT molecular complexity index is 570. The van der Waals surface area contributed by atoms with E-state index in [1.54, 1.807) is 0 Å². The van der Waals surface area contributed by atoms with Gasteiger partial charge in [-0.05, 0) is 56.8 Å². The smallest absolute Gasteiger partial charge is 0.306 e. The van der Waals surface area contributed by atoms with E-state index >= 15 is 0 Å². The number of carboxylic acid groups (broad SMARTS) is 1. The third-order valence-corrected chi connectivity index (χ3v) is 5.05. The van der Waals surface area contributed by atoms with Gasteiger partial charge in [0.15, 0.2) is 0 Å². The topological polar surface area (TPSA) is 69.6 Å². The van der Waals surface area contributed by atoms with Crippen molar-refractivity contribution >= 4 is 17.6 Å². The van der Waals surface area contributed by atoms with E-state index < -0.39 is 5.97 Å². The average molecular weight is 332 g/mol. The Hall–Kier alpha value is -1.88. The molecule has 0 radical (unpaired) electrons. The summed E-state index contributed by atoms with van der Waals surface area (Å²) < 4.78 is 0. The molecule has 132 valence electrons. The zero-order valence-corrected chi connectivity index (χ0v) is 14.8. The zero-order chi connectivity index (χ0) is 17.7. The number of hydrogen-bond acceptors (Lipinski definition) is 3. The minimum absolute atomic E-state index is 0.0145. The first-order valence-electron chi connectivity index (χ1n) is 8.86. The van der Waals surface area contributed by atoms with Crippen LogP contribution in [0.5, 0.6) is 0 Å². The summed E-state index contributed by atoms with van der Waals surface area (Å²) in [5.74, 6) is -1.01. The Labute approximate surface area is 144 Å². The third kappa shape index (κ3) is 4.15. The van der Waals surface area contributed by atoms with Gasteiger partial charge in [0.2, 0.25) is 5.91 Å². The first-order valence-corrected chi connectivity index (χ1v) is 8.86. The summed E-state index contributed by atoms with van der Waals surface area (Å²) in [7, 11) is 0. The summed E-state index contributed by atoms with van der Waals surface area (Å²) >= 11 is 0. The molecule has 1 aliphatic rings. The van der Waals surface area contributed by atoms with Gasteiger partial charge in [0.05, 0.1) is 12.0 Å². The number of benzene rings is 1. The standard InChI is InChI=1S/C19H28N2O3/c1-4-14-7-6-8-15(5-2)17(14)20-18(22)13(3)21-11-9-16(10-12-21)19(23)24/h6-8,13,16H,4-5,9-12H2,1-3H3,(H,20,22)(H,23,24). The zero-order valence-electron chi connectivity index (χ0n) is 14.8. The maximum Gasteiger partial charge on any atom is 0.306 e. The van der Waals surface area contributed by atoms with Crippen LogP contribution < -0.4 is 5.32 Å². The van der Waals surface area contributed by atoms with E-state index in [1.165, 1.54) is 0 Å². The van der Waals surface area contributed by atoms with Crippen LogP contribution in [-0.2, 0) is 22.4 Å². The van der Waals surface area contributed by atoms with Gasteiger partial charge in [-0.15, -0.1) is 0 Å². The number of para-hydroxylation sites is 1. The molecule has 1 heterocycles. The van der Waals surface area contributed by atoms with Gasteiger partial charge >= 0.3 is 5.97 Å². The van der Waals surface area contributed by atoms with Gasteiger partial charge in [-0.25, -0.2) is 0 Å².